The molecule has 0 saturated heterocycles. The van der Waals surface area contributed by atoms with Gasteiger partial charge >= 0.3 is 0 Å². The van der Waals surface area contributed by atoms with Crippen LogP contribution >= 0.6 is 0 Å². The Kier molecular flexibility index (Phi) is 7.49. The lowest BCUT2D eigenvalue weighted by Crippen LogP contribution is -2.37. The summed E-state index contributed by atoms with van der Waals surface area (Å²) < 4.78 is 0. The number of rotatable bonds is 8. The maximum atomic E-state index is 4.10. The van der Waals surface area contributed by atoms with Gasteiger partial charge in [-0.2, -0.15) is 0 Å². The monoisotopic (exact) mass is 212 g/mol. The summed E-state index contributed by atoms with van der Waals surface area (Å²) in [4.78, 5) is 2.11. The van der Waals surface area contributed by atoms with Crippen molar-refractivity contribution in [3.8, 4) is 0 Å². The number of hydrogen-bond acceptors (Lipinski definition) is 2. The van der Waals surface area contributed by atoms with E-state index in [2.05, 4.69) is 51.7 Å². The summed E-state index contributed by atoms with van der Waals surface area (Å²) in [6.07, 6.45) is 4.71. The highest BCUT2D eigenvalue weighted by Crippen LogP contribution is 2.11. The molecule has 0 aromatic heterocycles. The van der Waals surface area contributed by atoms with Crippen molar-refractivity contribution in [2.45, 2.75) is 58.5 Å². The van der Waals surface area contributed by atoms with Crippen LogP contribution in [0.4, 0.5) is 0 Å². The van der Waals surface area contributed by atoms with E-state index in [0.29, 0.717) is 12.1 Å². The summed E-state index contributed by atoms with van der Waals surface area (Å²) in [5, 5.41) is 3.67. The van der Waals surface area contributed by atoms with E-state index in [1.165, 1.54) is 25.0 Å². The van der Waals surface area contributed by atoms with E-state index in [0.717, 1.165) is 6.42 Å². The Morgan fingerprint density at radius 3 is 2.33 bits per heavy atom. The van der Waals surface area contributed by atoms with Gasteiger partial charge < -0.3 is 10.2 Å². The standard InChI is InChI=1S/C13H28N2/c1-7-9-13(14-11(3)8-2)10-12(4)15(5)6/h11,13-14H,4,7-10H2,1-3,5-6H3. The SMILES string of the molecule is C=C(CC(CCC)NC(C)CC)N(C)C. The van der Waals surface area contributed by atoms with Crippen LogP contribution in [0.5, 0.6) is 0 Å². The molecule has 2 nitrogen and oxygen atoms in total. The van der Waals surface area contributed by atoms with Crippen molar-refractivity contribution in [3.05, 3.63) is 12.3 Å². The van der Waals surface area contributed by atoms with Gasteiger partial charge in [-0.05, 0) is 19.8 Å². The average molecular weight is 212 g/mol. The fraction of sp³-hybridized carbons (Fsp3) is 0.846. The van der Waals surface area contributed by atoms with E-state index in [9.17, 15) is 0 Å². The third-order valence-electron chi connectivity index (χ3n) is 2.88. The lowest BCUT2D eigenvalue weighted by Gasteiger charge is -2.25. The quantitative estimate of drug-likeness (QED) is 0.665. The summed E-state index contributed by atoms with van der Waals surface area (Å²) in [7, 11) is 4.13. The molecule has 15 heavy (non-hydrogen) atoms. The lowest BCUT2D eigenvalue weighted by molar-refractivity contribution is 0.377. The second kappa shape index (κ2) is 7.75. The molecule has 2 unspecified atom stereocenters. The van der Waals surface area contributed by atoms with Crippen LogP contribution in [0.25, 0.3) is 0 Å². The van der Waals surface area contributed by atoms with Gasteiger partial charge in [0.25, 0.3) is 0 Å². The van der Waals surface area contributed by atoms with Crippen molar-refractivity contribution in [3.63, 3.8) is 0 Å². The minimum Gasteiger partial charge on any atom is -0.381 e. The summed E-state index contributed by atoms with van der Waals surface area (Å²) in [5.74, 6) is 0. The summed E-state index contributed by atoms with van der Waals surface area (Å²) in [6.45, 7) is 10.8. The second-order valence-electron chi connectivity index (χ2n) is 4.63. The van der Waals surface area contributed by atoms with Crippen LogP contribution in [0.1, 0.15) is 46.5 Å². The average Bonchev–Trinajstić information content (AvgIpc) is 2.17. The van der Waals surface area contributed by atoms with Crippen molar-refractivity contribution >= 4 is 0 Å². The molecule has 0 aromatic rings. The van der Waals surface area contributed by atoms with Crippen LogP contribution in [0.3, 0.4) is 0 Å². The zero-order valence-corrected chi connectivity index (χ0v) is 11.1. The van der Waals surface area contributed by atoms with Crippen molar-refractivity contribution in [2.75, 3.05) is 14.1 Å². The van der Waals surface area contributed by atoms with Gasteiger partial charge in [0.1, 0.15) is 0 Å². The molecule has 0 radical (unpaired) electrons. The molecule has 0 heterocycles. The van der Waals surface area contributed by atoms with E-state index in [-0.39, 0.29) is 0 Å². The zero-order chi connectivity index (χ0) is 11.8. The first kappa shape index (κ1) is 14.5. The molecule has 0 aliphatic rings. The van der Waals surface area contributed by atoms with Crippen molar-refractivity contribution < 1.29 is 0 Å². The molecule has 2 atom stereocenters. The number of hydrogen-bond donors (Lipinski definition) is 1. The van der Waals surface area contributed by atoms with Crippen molar-refractivity contribution in [1.82, 2.24) is 10.2 Å². The Hall–Kier alpha value is -0.500. The smallest absolute Gasteiger partial charge is 0.0124 e. The molecule has 0 fully saturated rings. The van der Waals surface area contributed by atoms with Gasteiger partial charge in [0.15, 0.2) is 0 Å². The normalized spacial score (nSPS) is 14.7. The Bertz CT molecular complexity index is 175. The van der Waals surface area contributed by atoms with Gasteiger partial charge in [-0.1, -0.05) is 26.8 Å². The Balaban J connectivity index is 4.08. The van der Waals surface area contributed by atoms with Crippen LogP contribution in [-0.2, 0) is 0 Å². The molecule has 0 spiro atoms. The molecule has 0 rings (SSSR count). The second-order valence-corrected chi connectivity index (χ2v) is 4.63. The van der Waals surface area contributed by atoms with Gasteiger partial charge in [0, 0.05) is 38.3 Å². The van der Waals surface area contributed by atoms with E-state index >= 15 is 0 Å². The molecular weight excluding hydrogens is 184 g/mol. The Labute approximate surface area is 95.7 Å². The maximum absolute atomic E-state index is 4.10. The number of nitrogens with zero attached hydrogens (tertiary/aromatic N) is 1. The molecule has 0 bridgehead atoms. The molecule has 1 N–H and O–H groups in total. The Morgan fingerprint density at radius 2 is 1.93 bits per heavy atom. The van der Waals surface area contributed by atoms with Gasteiger partial charge in [-0.15, -0.1) is 0 Å². The van der Waals surface area contributed by atoms with E-state index < -0.39 is 0 Å². The maximum Gasteiger partial charge on any atom is 0.0124 e. The molecule has 90 valence electrons. The highest BCUT2D eigenvalue weighted by Gasteiger charge is 2.12. The fourth-order valence-electron chi connectivity index (χ4n) is 1.58. The summed E-state index contributed by atoms with van der Waals surface area (Å²) in [5.41, 5.74) is 1.21. The van der Waals surface area contributed by atoms with Crippen LogP contribution in [0.2, 0.25) is 0 Å². The van der Waals surface area contributed by atoms with Crippen LogP contribution in [0.15, 0.2) is 12.3 Å². The first-order chi connectivity index (χ1) is 7.01. The molecular formula is C13H28N2. The largest absolute Gasteiger partial charge is 0.381 e. The van der Waals surface area contributed by atoms with Gasteiger partial charge in [-0.25, -0.2) is 0 Å². The molecule has 0 aliphatic heterocycles. The van der Waals surface area contributed by atoms with Crippen LogP contribution in [0, 0.1) is 0 Å². The third kappa shape index (κ3) is 6.56. The predicted octanol–water partition coefficient (Wildman–Crippen LogP) is 3.01. The Morgan fingerprint density at radius 1 is 1.33 bits per heavy atom. The summed E-state index contributed by atoms with van der Waals surface area (Å²) in [6, 6.07) is 1.19. The molecule has 0 amide bonds. The highest BCUT2D eigenvalue weighted by molar-refractivity contribution is 4.95. The van der Waals surface area contributed by atoms with Crippen LogP contribution in [-0.4, -0.2) is 31.1 Å². The minimum absolute atomic E-state index is 0.583. The van der Waals surface area contributed by atoms with Gasteiger partial charge in [-0.3, -0.25) is 0 Å². The highest BCUT2D eigenvalue weighted by atomic mass is 15.1. The fourth-order valence-corrected chi connectivity index (χ4v) is 1.58. The first-order valence-electron chi connectivity index (χ1n) is 6.12. The predicted molar refractivity (Wildman–Crippen MR) is 69.0 cm³/mol. The van der Waals surface area contributed by atoms with E-state index in [4.69, 9.17) is 0 Å². The van der Waals surface area contributed by atoms with Gasteiger partial charge in [0.05, 0.1) is 0 Å². The topological polar surface area (TPSA) is 15.3 Å². The molecule has 0 aliphatic carbocycles. The van der Waals surface area contributed by atoms with Crippen LogP contribution < -0.4 is 5.32 Å². The van der Waals surface area contributed by atoms with Crippen molar-refractivity contribution in [2.24, 2.45) is 0 Å². The minimum atomic E-state index is 0.583. The zero-order valence-electron chi connectivity index (χ0n) is 11.1. The first-order valence-corrected chi connectivity index (χ1v) is 6.12. The van der Waals surface area contributed by atoms with E-state index in [1.807, 2.05) is 0 Å². The summed E-state index contributed by atoms with van der Waals surface area (Å²) >= 11 is 0. The third-order valence-corrected chi connectivity index (χ3v) is 2.88. The van der Waals surface area contributed by atoms with E-state index in [1.54, 1.807) is 0 Å². The lowest BCUT2D eigenvalue weighted by atomic mass is 10.0. The molecule has 0 aromatic carbocycles. The number of nitrogens with one attached hydrogen (secondary N) is 1. The van der Waals surface area contributed by atoms with Crippen molar-refractivity contribution in [1.29, 1.82) is 0 Å². The molecule has 0 saturated carbocycles. The van der Waals surface area contributed by atoms with Gasteiger partial charge in [0.2, 0.25) is 0 Å². The molecule has 2 heteroatoms.